The Morgan fingerprint density at radius 2 is 2.05 bits per heavy atom. The first-order valence-electron chi connectivity index (χ1n) is 6.72. The summed E-state index contributed by atoms with van der Waals surface area (Å²) in [5, 5.41) is 7.20. The normalized spacial score (nSPS) is 11.4. The fourth-order valence-corrected chi connectivity index (χ4v) is 3.19. The molecule has 0 radical (unpaired) electrons. The Morgan fingerprint density at radius 1 is 1.29 bits per heavy atom. The van der Waals surface area contributed by atoms with Crippen molar-refractivity contribution in [3.05, 3.63) is 30.2 Å². The largest absolute Gasteiger partial charge is 0.383 e. The molecule has 0 spiro atoms. The molecular formula is C13H19N5O2S. The van der Waals surface area contributed by atoms with E-state index >= 15 is 0 Å². The number of pyridine rings is 1. The second kappa shape index (κ2) is 6.13. The summed E-state index contributed by atoms with van der Waals surface area (Å²) in [7, 11) is -2.01. The SMILES string of the molecule is CCNc1cccnc1S(=O)(=O)Nc1cn(C)nc1CC. The zero-order valence-corrected chi connectivity index (χ0v) is 13.1. The zero-order chi connectivity index (χ0) is 15.5. The maximum atomic E-state index is 12.5. The van der Waals surface area contributed by atoms with Gasteiger partial charge in [-0.25, -0.2) is 4.98 Å². The highest BCUT2D eigenvalue weighted by atomic mass is 32.2. The van der Waals surface area contributed by atoms with Gasteiger partial charge >= 0.3 is 0 Å². The Labute approximate surface area is 124 Å². The van der Waals surface area contributed by atoms with E-state index in [4.69, 9.17) is 0 Å². The van der Waals surface area contributed by atoms with Crippen molar-refractivity contribution in [2.24, 2.45) is 7.05 Å². The van der Waals surface area contributed by atoms with Crippen molar-refractivity contribution in [2.45, 2.75) is 25.3 Å². The Bertz CT molecular complexity index is 724. The minimum absolute atomic E-state index is 0.0160. The average molecular weight is 309 g/mol. The highest BCUT2D eigenvalue weighted by molar-refractivity contribution is 7.92. The monoisotopic (exact) mass is 309 g/mol. The van der Waals surface area contributed by atoms with Crippen LogP contribution < -0.4 is 10.0 Å². The molecule has 0 saturated carbocycles. The Morgan fingerprint density at radius 3 is 2.71 bits per heavy atom. The number of anilines is 2. The molecule has 7 nitrogen and oxygen atoms in total. The summed E-state index contributed by atoms with van der Waals surface area (Å²) >= 11 is 0. The van der Waals surface area contributed by atoms with Crippen LogP contribution in [0.25, 0.3) is 0 Å². The van der Waals surface area contributed by atoms with Gasteiger partial charge in [0.25, 0.3) is 10.0 Å². The van der Waals surface area contributed by atoms with Crippen LogP contribution in [0.15, 0.2) is 29.6 Å². The molecule has 0 fully saturated rings. The molecule has 114 valence electrons. The third-order valence-electron chi connectivity index (χ3n) is 2.88. The van der Waals surface area contributed by atoms with Crippen LogP contribution in [0.2, 0.25) is 0 Å². The summed E-state index contributed by atoms with van der Waals surface area (Å²) < 4.78 is 29.2. The highest BCUT2D eigenvalue weighted by Crippen LogP contribution is 2.23. The van der Waals surface area contributed by atoms with E-state index in [0.29, 0.717) is 30.0 Å². The summed E-state index contributed by atoms with van der Waals surface area (Å²) in [5.74, 6) is 0. The minimum Gasteiger partial charge on any atom is -0.383 e. The first kappa shape index (κ1) is 15.3. The van der Waals surface area contributed by atoms with E-state index in [0.717, 1.165) is 0 Å². The molecule has 2 N–H and O–H groups in total. The molecule has 0 unspecified atom stereocenters. The first-order valence-corrected chi connectivity index (χ1v) is 8.20. The van der Waals surface area contributed by atoms with Crippen LogP contribution >= 0.6 is 0 Å². The van der Waals surface area contributed by atoms with Gasteiger partial charge in [-0.15, -0.1) is 0 Å². The van der Waals surface area contributed by atoms with Gasteiger partial charge in [0.15, 0.2) is 5.03 Å². The van der Waals surface area contributed by atoms with Crippen LogP contribution in [0.3, 0.4) is 0 Å². The van der Waals surface area contributed by atoms with Gasteiger partial charge in [0.1, 0.15) is 0 Å². The fraction of sp³-hybridized carbons (Fsp3) is 0.385. The Hall–Kier alpha value is -2.09. The standard InChI is InChI=1S/C13H19N5O2S/c1-4-10-12(9-18(3)16-10)17-21(19,20)13-11(14-5-2)7-6-8-15-13/h6-9,14,17H,4-5H2,1-3H3. The van der Waals surface area contributed by atoms with E-state index < -0.39 is 10.0 Å². The Kier molecular flexibility index (Phi) is 4.46. The van der Waals surface area contributed by atoms with Gasteiger partial charge in [0.2, 0.25) is 0 Å². The van der Waals surface area contributed by atoms with Crippen molar-refractivity contribution >= 4 is 21.4 Å². The number of aromatic nitrogens is 3. The predicted octanol–water partition coefficient (Wildman–Crippen LogP) is 1.61. The maximum absolute atomic E-state index is 12.5. The van der Waals surface area contributed by atoms with Crippen molar-refractivity contribution in [2.75, 3.05) is 16.6 Å². The molecule has 0 aliphatic carbocycles. The quantitative estimate of drug-likeness (QED) is 0.846. The lowest BCUT2D eigenvalue weighted by Crippen LogP contribution is -2.17. The highest BCUT2D eigenvalue weighted by Gasteiger charge is 2.22. The third kappa shape index (κ3) is 3.33. The number of nitrogens with one attached hydrogen (secondary N) is 2. The van der Waals surface area contributed by atoms with E-state index in [1.807, 2.05) is 13.8 Å². The van der Waals surface area contributed by atoms with Crippen LogP contribution in [-0.2, 0) is 23.5 Å². The summed E-state index contributed by atoms with van der Waals surface area (Å²) in [6.07, 6.45) is 3.74. The van der Waals surface area contributed by atoms with E-state index in [1.54, 1.807) is 30.1 Å². The van der Waals surface area contributed by atoms with E-state index in [9.17, 15) is 8.42 Å². The lowest BCUT2D eigenvalue weighted by molar-refractivity contribution is 0.598. The molecular weight excluding hydrogens is 290 g/mol. The smallest absolute Gasteiger partial charge is 0.281 e. The lowest BCUT2D eigenvalue weighted by atomic mass is 10.3. The topological polar surface area (TPSA) is 88.9 Å². The van der Waals surface area contributed by atoms with Gasteiger partial charge in [0.05, 0.1) is 17.1 Å². The van der Waals surface area contributed by atoms with E-state index in [2.05, 4.69) is 20.1 Å². The summed E-state index contributed by atoms with van der Waals surface area (Å²) in [6, 6.07) is 3.38. The molecule has 21 heavy (non-hydrogen) atoms. The molecule has 0 atom stereocenters. The van der Waals surface area contributed by atoms with Gasteiger partial charge < -0.3 is 5.32 Å². The third-order valence-corrected chi connectivity index (χ3v) is 4.20. The maximum Gasteiger partial charge on any atom is 0.281 e. The number of aryl methyl sites for hydroxylation is 2. The minimum atomic E-state index is -3.76. The van der Waals surface area contributed by atoms with Gasteiger partial charge in [-0.3, -0.25) is 9.40 Å². The molecule has 8 heteroatoms. The number of sulfonamides is 1. The second-order valence-corrected chi connectivity index (χ2v) is 6.11. The summed E-state index contributed by atoms with van der Waals surface area (Å²) in [6.45, 7) is 4.43. The summed E-state index contributed by atoms with van der Waals surface area (Å²) in [4.78, 5) is 3.99. The molecule has 0 amide bonds. The Balaban J connectivity index is 2.38. The molecule has 2 rings (SSSR count). The molecule has 2 aromatic rings. The molecule has 0 aromatic carbocycles. The van der Waals surface area contributed by atoms with Crippen molar-refractivity contribution in [1.82, 2.24) is 14.8 Å². The van der Waals surface area contributed by atoms with E-state index in [1.165, 1.54) is 6.20 Å². The van der Waals surface area contributed by atoms with Crippen LogP contribution in [0, 0.1) is 0 Å². The van der Waals surface area contributed by atoms with Gasteiger partial charge in [-0.05, 0) is 25.5 Å². The van der Waals surface area contributed by atoms with E-state index in [-0.39, 0.29) is 5.03 Å². The van der Waals surface area contributed by atoms with Crippen LogP contribution in [0.4, 0.5) is 11.4 Å². The fourth-order valence-electron chi connectivity index (χ4n) is 2.00. The first-order chi connectivity index (χ1) is 9.97. The van der Waals surface area contributed by atoms with Crippen LogP contribution in [-0.4, -0.2) is 29.7 Å². The molecule has 2 heterocycles. The average Bonchev–Trinajstić information content (AvgIpc) is 2.79. The van der Waals surface area contributed by atoms with Gasteiger partial charge in [0, 0.05) is 26.0 Å². The van der Waals surface area contributed by atoms with Gasteiger partial charge in [-0.1, -0.05) is 6.92 Å². The predicted molar refractivity (Wildman–Crippen MR) is 81.8 cm³/mol. The molecule has 0 bridgehead atoms. The van der Waals surface area contributed by atoms with Crippen molar-refractivity contribution in [1.29, 1.82) is 0 Å². The number of hydrogen-bond acceptors (Lipinski definition) is 5. The lowest BCUT2D eigenvalue weighted by Gasteiger charge is -2.11. The molecule has 0 aliphatic rings. The van der Waals surface area contributed by atoms with Crippen molar-refractivity contribution in [3.8, 4) is 0 Å². The molecule has 0 aliphatic heterocycles. The van der Waals surface area contributed by atoms with Crippen LogP contribution in [0.1, 0.15) is 19.5 Å². The zero-order valence-electron chi connectivity index (χ0n) is 12.3. The second-order valence-electron chi connectivity index (χ2n) is 4.51. The molecule has 0 saturated heterocycles. The van der Waals surface area contributed by atoms with Crippen molar-refractivity contribution < 1.29 is 8.42 Å². The number of nitrogens with zero attached hydrogens (tertiary/aromatic N) is 3. The number of hydrogen-bond donors (Lipinski definition) is 2. The van der Waals surface area contributed by atoms with Crippen LogP contribution in [0.5, 0.6) is 0 Å². The summed E-state index contributed by atoms with van der Waals surface area (Å²) in [5.41, 5.74) is 1.66. The van der Waals surface area contributed by atoms with Crippen molar-refractivity contribution in [3.63, 3.8) is 0 Å². The number of rotatable bonds is 6. The molecule has 2 aromatic heterocycles. The van der Waals surface area contributed by atoms with Gasteiger partial charge in [-0.2, -0.15) is 13.5 Å².